The maximum absolute atomic E-state index is 12.2. The van der Waals surface area contributed by atoms with Gasteiger partial charge in [-0.15, -0.1) is 0 Å². The van der Waals surface area contributed by atoms with Crippen molar-refractivity contribution in [1.29, 1.82) is 0 Å². The number of benzene rings is 1. The Labute approximate surface area is 125 Å². The van der Waals surface area contributed by atoms with E-state index in [4.69, 9.17) is 0 Å². The lowest BCUT2D eigenvalue weighted by Gasteiger charge is -2.15. The van der Waals surface area contributed by atoms with Gasteiger partial charge in [0.2, 0.25) is 0 Å². The van der Waals surface area contributed by atoms with Crippen LogP contribution in [0.2, 0.25) is 0 Å². The molecule has 21 heavy (non-hydrogen) atoms. The van der Waals surface area contributed by atoms with E-state index in [1.165, 1.54) is 6.07 Å². The van der Waals surface area contributed by atoms with Gasteiger partial charge >= 0.3 is 0 Å². The zero-order valence-corrected chi connectivity index (χ0v) is 13.0. The van der Waals surface area contributed by atoms with Crippen molar-refractivity contribution in [2.45, 2.75) is 46.5 Å². The predicted molar refractivity (Wildman–Crippen MR) is 83.5 cm³/mol. The molecular formula is C16H24N2O3. The zero-order chi connectivity index (χ0) is 15.8. The van der Waals surface area contributed by atoms with E-state index in [0.717, 1.165) is 25.7 Å². The molecule has 1 rings (SSSR count). The van der Waals surface area contributed by atoms with Crippen LogP contribution in [0.3, 0.4) is 0 Å². The first kappa shape index (κ1) is 17.1. The summed E-state index contributed by atoms with van der Waals surface area (Å²) in [5.41, 5.74) is 0.549. The number of nitro benzene ring substituents is 1. The van der Waals surface area contributed by atoms with E-state index in [9.17, 15) is 14.9 Å². The highest BCUT2D eigenvalue weighted by Crippen LogP contribution is 2.23. The first-order valence-electron chi connectivity index (χ1n) is 7.53. The third-order valence-corrected chi connectivity index (χ3v) is 3.76. The van der Waals surface area contributed by atoms with Crippen molar-refractivity contribution in [3.05, 3.63) is 39.4 Å². The molecule has 116 valence electrons. The Bertz CT molecular complexity index is 500. The zero-order valence-electron chi connectivity index (χ0n) is 13.0. The number of rotatable bonds is 8. The topological polar surface area (TPSA) is 72.2 Å². The first-order valence-corrected chi connectivity index (χ1v) is 7.53. The number of unbranched alkanes of at least 4 members (excludes halogenated alkanes) is 1. The summed E-state index contributed by atoms with van der Waals surface area (Å²) >= 11 is 0. The van der Waals surface area contributed by atoms with E-state index in [-0.39, 0.29) is 17.2 Å². The molecule has 5 heteroatoms. The van der Waals surface area contributed by atoms with Gasteiger partial charge in [-0.25, -0.2) is 0 Å². The van der Waals surface area contributed by atoms with Crippen molar-refractivity contribution >= 4 is 11.6 Å². The van der Waals surface area contributed by atoms with E-state index in [0.29, 0.717) is 18.0 Å². The Morgan fingerprint density at radius 2 is 2.10 bits per heavy atom. The highest BCUT2D eigenvalue weighted by Gasteiger charge is 2.22. The Morgan fingerprint density at radius 1 is 1.38 bits per heavy atom. The number of amides is 1. The van der Waals surface area contributed by atoms with Crippen LogP contribution >= 0.6 is 0 Å². The van der Waals surface area contributed by atoms with Crippen LogP contribution in [0.5, 0.6) is 0 Å². The molecule has 1 aromatic rings. The van der Waals surface area contributed by atoms with Crippen molar-refractivity contribution in [3.63, 3.8) is 0 Å². The minimum absolute atomic E-state index is 0.100. The number of hydrogen-bond acceptors (Lipinski definition) is 3. The second kappa shape index (κ2) is 8.39. The molecule has 1 N–H and O–H groups in total. The summed E-state index contributed by atoms with van der Waals surface area (Å²) in [6, 6.07) is 4.82. The molecule has 0 saturated heterocycles. The quantitative estimate of drug-likeness (QED) is 0.584. The lowest BCUT2D eigenvalue weighted by molar-refractivity contribution is -0.385. The predicted octanol–water partition coefficient (Wildman–Crippen LogP) is 3.85. The molecule has 0 aliphatic heterocycles. The first-order chi connectivity index (χ1) is 10.0. The van der Waals surface area contributed by atoms with Gasteiger partial charge < -0.3 is 5.32 Å². The van der Waals surface area contributed by atoms with Crippen molar-refractivity contribution < 1.29 is 9.72 Å². The van der Waals surface area contributed by atoms with Gasteiger partial charge in [-0.3, -0.25) is 14.9 Å². The minimum atomic E-state index is -0.487. The third kappa shape index (κ3) is 4.85. The molecule has 0 fully saturated rings. The van der Waals surface area contributed by atoms with Crippen molar-refractivity contribution in [2.24, 2.45) is 5.92 Å². The molecule has 5 nitrogen and oxygen atoms in total. The molecule has 1 unspecified atom stereocenters. The van der Waals surface area contributed by atoms with Gasteiger partial charge in [-0.05, 0) is 25.3 Å². The highest BCUT2D eigenvalue weighted by molar-refractivity contribution is 5.98. The number of hydrogen-bond donors (Lipinski definition) is 1. The van der Waals surface area contributed by atoms with Gasteiger partial charge in [0.1, 0.15) is 5.56 Å². The number of nitro groups is 1. The smallest absolute Gasteiger partial charge is 0.285 e. The fraction of sp³-hybridized carbons (Fsp3) is 0.562. The maximum atomic E-state index is 12.2. The summed E-state index contributed by atoms with van der Waals surface area (Å²) < 4.78 is 0. The number of para-hydroxylation sites is 1. The van der Waals surface area contributed by atoms with Crippen molar-refractivity contribution in [2.75, 3.05) is 6.54 Å². The monoisotopic (exact) mass is 292 g/mol. The van der Waals surface area contributed by atoms with Gasteiger partial charge in [0.05, 0.1) is 4.92 Å². The molecule has 1 aromatic carbocycles. The van der Waals surface area contributed by atoms with E-state index in [1.807, 2.05) is 0 Å². The lowest BCUT2D eigenvalue weighted by atomic mass is 9.99. The minimum Gasteiger partial charge on any atom is -0.352 e. The fourth-order valence-electron chi connectivity index (χ4n) is 2.36. The summed E-state index contributed by atoms with van der Waals surface area (Å²) in [5.74, 6) is 0.0677. The molecule has 0 heterocycles. The van der Waals surface area contributed by atoms with E-state index >= 15 is 0 Å². The van der Waals surface area contributed by atoms with Crippen LogP contribution in [0.1, 0.15) is 55.5 Å². The van der Waals surface area contributed by atoms with Crippen LogP contribution < -0.4 is 5.32 Å². The normalized spacial score (nSPS) is 12.0. The van der Waals surface area contributed by atoms with Gasteiger partial charge in [0, 0.05) is 12.1 Å². The lowest BCUT2D eigenvalue weighted by Crippen LogP contribution is -2.29. The number of nitrogens with one attached hydrogen (secondary N) is 1. The van der Waals surface area contributed by atoms with Crippen molar-refractivity contribution in [1.82, 2.24) is 5.32 Å². The Morgan fingerprint density at radius 3 is 2.67 bits per heavy atom. The average molecular weight is 292 g/mol. The largest absolute Gasteiger partial charge is 0.352 e. The van der Waals surface area contributed by atoms with Crippen LogP contribution in [0.15, 0.2) is 18.2 Å². The van der Waals surface area contributed by atoms with Gasteiger partial charge in [0.25, 0.3) is 11.6 Å². The Hall–Kier alpha value is -1.91. The van der Waals surface area contributed by atoms with Gasteiger partial charge in [-0.1, -0.05) is 45.2 Å². The summed E-state index contributed by atoms with van der Waals surface area (Å²) in [5, 5.41) is 13.9. The summed E-state index contributed by atoms with van der Waals surface area (Å²) in [4.78, 5) is 22.8. The molecular weight excluding hydrogens is 268 g/mol. The Kier molecular flexibility index (Phi) is 6.85. The van der Waals surface area contributed by atoms with E-state index in [2.05, 4.69) is 19.2 Å². The second-order valence-electron chi connectivity index (χ2n) is 5.35. The van der Waals surface area contributed by atoms with Gasteiger partial charge in [0.15, 0.2) is 0 Å². The van der Waals surface area contributed by atoms with Crippen LogP contribution in [-0.4, -0.2) is 17.4 Å². The molecule has 0 aromatic heterocycles. The standard InChI is InChI=1S/C16H24N2O3/c1-4-6-9-13(5-2)11-17-16(19)14-10-7-8-12(3)15(14)18(20)21/h7-8,10,13H,4-6,9,11H2,1-3H3,(H,17,19). The van der Waals surface area contributed by atoms with E-state index in [1.54, 1.807) is 19.1 Å². The molecule has 0 spiro atoms. The summed E-state index contributed by atoms with van der Waals surface area (Å²) in [6.07, 6.45) is 4.34. The number of nitrogens with zero attached hydrogens (tertiary/aromatic N) is 1. The summed E-state index contributed by atoms with van der Waals surface area (Å²) in [6.45, 7) is 6.45. The molecule has 0 bridgehead atoms. The fourth-order valence-corrected chi connectivity index (χ4v) is 2.36. The molecule has 0 aliphatic carbocycles. The molecule has 0 radical (unpaired) electrons. The maximum Gasteiger partial charge on any atom is 0.285 e. The van der Waals surface area contributed by atoms with Crippen LogP contribution in [-0.2, 0) is 0 Å². The highest BCUT2D eigenvalue weighted by atomic mass is 16.6. The molecule has 1 atom stereocenters. The van der Waals surface area contributed by atoms with Crippen molar-refractivity contribution in [3.8, 4) is 0 Å². The SMILES string of the molecule is CCCCC(CC)CNC(=O)c1cccc(C)c1[N+](=O)[O-]. The van der Waals surface area contributed by atoms with Gasteiger partial charge in [-0.2, -0.15) is 0 Å². The molecule has 0 aliphatic rings. The molecule has 1 amide bonds. The Balaban J connectivity index is 2.76. The van der Waals surface area contributed by atoms with Crippen LogP contribution in [0.25, 0.3) is 0 Å². The van der Waals surface area contributed by atoms with Crippen LogP contribution in [0.4, 0.5) is 5.69 Å². The molecule has 0 saturated carbocycles. The average Bonchev–Trinajstić information content (AvgIpc) is 2.46. The number of aryl methyl sites for hydroxylation is 1. The number of carbonyl (C=O) groups is 1. The van der Waals surface area contributed by atoms with E-state index < -0.39 is 4.92 Å². The number of carbonyl (C=O) groups excluding carboxylic acids is 1. The third-order valence-electron chi connectivity index (χ3n) is 3.76. The summed E-state index contributed by atoms with van der Waals surface area (Å²) in [7, 11) is 0. The second-order valence-corrected chi connectivity index (χ2v) is 5.35. The van der Waals surface area contributed by atoms with Crippen LogP contribution in [0, 0.1) is 23.0 Å².